The molecule has 0 radical (unpaired) electrons. The molecule has 0 saturated carbocycles. The predicted molar refractivity (Wildman–Crippen MR) is 107 cm³/mol. The van der Waals surface area contributed by atoms with Crippen LogP contribution in [0.5, 0.6) is 0 Å². The van der Waals surface area contributed by atoms with E-state index < -0.39 is 21.7 Å². The average molecular weight is 415 g/mol. The smallest absolute Gasteiger partial charge is 0.248 e. The minimum absolute atomic E-state index is 0.0774. The van der Waals surface area contributed by atoms with Gasteiger partial charge >= 0.3 is 0 Å². The van der Waals surface area contributed by atoms with E-state index >= 15 is 0 Å². The highest BCUT2D eigenvalue weighted by Gasteiger charge is 2.20. The van der Waals surface area contributed by atoms with Crippen LogP contribution in [-0.2, 0) is 10.0 Å². The Morgan fingerprint density at radius 2 is 1.50 bits per heavy atom. The van der Waals surface area contributed by atoms with E-state index in [9.17, 15) is 18.0 Å². The van der Waals surface area contributed by atoms with Crippen molar-refractivity contribution in [2.45, 2.75) is 4.90 Å². The lowest BCUT2D eigenvalue weighted by Crippen LogP contribution is -2.15. The van der Waals surface area contributed by atoms with Gasteiger partial charge in [0, 0.05) is 16.7 Å². The van der Waals surface area contributed by atoms with E-state index in [1.165, 1.54) is 30.3 Å². The fourth-order valence-corrected chi connectivity index (χ4v) is 3.84. The number of carbonyl (C=O) groups excluding carboxylic acids is 2. The second-order valence-electron chi connectivity index (χ2n) is 6.01. The lowest BCUT2D eigenvalue weighted by Gasteiger charge is -2.12. The summed E-state index contributed by atoms with van der Waals surface area (Å²) in [6.45, 7) is 0. The number of carbonyl (C=O) groups is 2. The normalized spacial score (nSPS) is 11.2. The molecule has 6 nitrogen and oxygen atoms in total. The van der Waals surface area contributed by atoms with Crippen LogP contribution in [0.25, 0.3) is 11.1 Å². The molecular formula is C20H15ClN2O4S. The Labute approximate surface area is 166 Å². The van der Waals surface area contributed by atoms with Crippen molar-refractivity contribution in [3.05, 3.63) is 88.4 Å². The molecule has 4 N–H and O–H groups in total. The highest BCUT2D eigenvalue weighted by atomic mass is 35.5. The summed E-state index contributed by atoms with van der Waals surface area (Å²) in [5, 5.41) is 5.09. The molecule has 28 heavy (non-hydrogen) atoms. The Bertz CT molecular complexity index is 1190. The van der Waals surface area contributed by atoms with Gasteiger partial charge in [0.1, 0.15) is 4.90 Å². The molecule has 0 aliphatic carbocycles. The van der Waals surface area contributed by atoms with E-state index in [4.69, 9.17) is 22.5 Å². The highest BCUT2D eigenvalue weighted by Crippen LogP contribution is 2.29. The molecule has 3 aromatic rings. The van der Waals surface area contributed by atoms with Crippen molar-refractivity contribution in [1.82, 2.24) is 0 Å². The molecule has 0 atom stereocenters. The van der Waals surface area contributed by atoms with E-state index in [1.54, 1.807) is 24.3 Å². The zero-order valence-electron chi connectivity index (χ0n) is 14.4. The third-order valence-corrected chi connectivity index (χ3v) is 5.53. The van der Waals surface area contributed by atoms with Gasteiger partial charge < -0.3 is 5.73 Å². The monoisotopic (exact) mass is 414 g/mol. The second-order valence-corrected chi connectivity index (χ2v) is 7.95. The topological polar surface area (TPSA) is 120 Å². The van der Waals surface area contributed by atoms with E-state index in [1.807, 2.05) is 6.07 Å². The first-order chi connectivity index (χ1) is 13.2. The van der Waals surface area contributed by atoms with Gasteiger partial charge in [0.15, 0.2) is 5.78 Å². The van der Waals surface area contributed by atoms with Crippen LogP contribution in [0.15, 0.2) is 71.6 Å². The molecule has 0 unspecified atom stereocenters. The molecule has 0 heterocycles. The Morgan fingerprint density at radius 1 is 0.857 bits per heavy atom. The van der Waals surface area contributed by atoms with Gasteiger partial charge in [-0.05, 0) is 47.5 Å². The molecule has 0 aromatic heterocycles. The first kappa shape index (κ1) is 19.8. The number of amides is 1. The molecule has 142 valence electrons. The zero-order chi connectivity index (χ0) is 20.5. The van der Waals surface area contributed by atoms with Gasteiger partial charge in [-0.3, -0.25) is 9.59 Å². The number of hydrogen-bond acceptors (Lipinski definition) is 4. The lowest BCUT2D eigenvalue weighted by molar-refractivity contribution is 0.0997. The number of rotatable bonds is 5. The third kappa shape index (κ3) is 3.96. The number of halogens is 1. The van der Waals surface area contributed by atoms with Crippen LogP contribution in [0, 0.1) is 0 Å². The summed E-state index contributed by atoms with van der Waals surface area (Å²) in [6, 6.07) is 17.3. The maximum absolute atomic E-state index is 13.1. The van der Waals surface area contributed by atoms with E-state index in [-0.39, 0.29) is 26.6 Å². The van der Waals surface area contributed by atoms with E-state index in [0.717, 1.165) is 6.07 Å². The van der Waals surface area contributed by atoms with Crippen LogP contribution >= 0.6 is 11.6 Å². The fourth-order valence-electron chi connectivity index (χ4n) is 2.77. The molecule has 0 aliphatic rings. The lowest BCUT2D eigenvalue weighted by atomic mass is 9.92. The Hall–Kier alpha value is -3.00. The van der Waals surface area contributed by atoms with Crippen molar-refractivity contribution in [2.75, 3.05) is 0 Å². The maximum Gasteiger partial charge on any atom is 0.248 e. The largest absolute Gasteiger partial charge is 0.366 e. The summed E-state index contributed by atoms with van der Waals surface area (Å²) in [7, 11) is -4.10. The third-order valence-electron chi connectivity index (χ3n) is 4.13. The van der Waals surface area contributed by atoms with Crippen LogP contribution in [0.1, 0.15) is 26.3 Å². The van der Waals surface area contributed by atoms with Crippen LogP contribution < -0.4 is 10.9 Å². The van der Waals surface area contributed by atoms with Crippen molar-refractivity contribution in [1.29, 1.82) is 0 Å². The van der Waals surface area contributed by atoms with Crippen molar-refractivity contribution in [3.8, 4) is 11.1 Å². The summed E-state index contributed by atoms with van der Waals surface area (Å²) in [6.07, 6.45) is 0. The zero-order valence-corrected chi connectivity index (χ0v) is 16.0. The minimum Gasteiger partial charge on any atom is -0.366 e. The molecule has 0 aliphatic heterocycles. The van der Waals surface area contributed by atoms with Crippen LogP contribution in [-0.4, -0.2) is 20.1 Å². The predicted octanol–water partition coefficient (Wildman–Crippen LogP) is 2.98. The Balaban J connectivity index is 2.19. The molecule has 3 aromatic carbocycles. The second kappa shape index (κ2) is 7.55. The summed E-state index contributed by atoms with van der Waals surface area (Å²) >= 11 is 5.89. The van der Waals surface area contributed by atoms with Gasteiger partial charge in [0.25, 0.3) is 0 Å². The molecular weight excluding hydrogens is 400 g/mol. The van der Waals surface area contributed by atoms with Gasteiger partial charge in [-0.2, -0.15) is 0 Å². The molecule has 1 amide bonds. The number of benzene rings is 3. The molecule has 0 saturated heterocycles. The summed E-state index contributed by atoms with van der Waals surface area (Å²) < 4.78 is 23.4. The van der Waals surface area contributed by atoms with E-state index in [0.29, 0.717) is 11.1 Å². The van der Waals surface area contributed by atoms with Crippen LogP contribution in [0.3, 0.4) is 0 Å². The number of primary sulfonamides is 1. The SMILES string of the molecule is NC(=O)c1ccc(C(=O)c2ccc(Cl)c(S(N)(=O)=O)c2)c(-c2ccccc2)c1. The Kier molecular flexibility index (Phi) is 5.33. The minimum atomic E-state index is -4.10. The maximum atomic E-state index is 13.1. The molecule has 8 heteroatoms. The fraction of sp³-hybridized carbons (Fsp3) is 0. The summed E-state index contributed by atoms with van der Waals surface area (Å²) in [5.74, 6) is -1.07. The number of primary amides is 1. The van der Waals surface area contributed by atoms with Crippen molar-refractivity contribution < 1.29 is 18.0 Å². The quantitative estimate of drug-likeness (QED) is 0.623. The number of nitrogens with two attached hydrogens (primary N) is 2. The number of hydrogen-bond donors (Lipinski definition) is 2. The number of sulfonamides is 1. The van der Waals surface area contributed by atoms with Gasteiger partial charge in [0.05, 0.1) is 5.02 Å². The Morgan fingerprint density at radius 3 is 2.11 bits per heavy atom. The first-order valence-electron chi connectivity index (χ1n) is 8.05. The molecule has 3 rings (SSSR count). The summed E-state index contributed by atoms with van der Waals surface area (Å²) in [5.41, 5.74) is 7.18. The van der Waals surface area contributed by atoms with Gasteiger partial charge in [-0.25, -0.2) is 13.6 Å². The summed E-state index contributed by atoms with van der Waals surface area (Å²) in [4.78, 5) is 24.3. The van der Waals surface area contributed by atoms with Gasteiger partial charge in [0.2, 0.25) is 15.9 Å². The standard InChI is InChI=1S/C20H15ClN2O4S/c21-17-9-7-13(11-18(17)28(23,26)27)19(24)15-8-6-14(20(22)25)10-16(15)12-4-2-1-3-5-12/h1-11H,(H2,22,25)(H2,23,26,27). The average Bonchev–Trinajstić information content (AvgIpc) is 2.67. The van der Waals surface area contributed by atoms with Crippen molar-refractivity contribution in [2.24, 2.45) is 10.9 Å². The van der Waals surface area contributed by atoms with E-state index in [2.05, 4.69) is 0 Å². The number of ketones is 1. The van der Waals surface area contributed by atoms with Crippen LogP contribution in [0.2, 0.25) is 5.02 Å². The molecule has 0 spiro atoms. The van der Waals surface area contributed by atoms with Crippen molar-refractivity contribution in [3.63, 3.8) is 0 Å². The molecule has 0 fully saturated rings. The van der Waals surface area contributed by atoms with Gasteiger partial charge in [-0.15, -0.1) is 0 Å². The first-order valence-corrected chi connectivity index (χ1v) is 9.97. The molecule has 0 bridgehead atoms. The van der Waals surface area contributed by atoms with Crippen molar-refractivity contribution >= 4 is 33.3 Å². The van der Waals surface area contributed by atoms with Gasteiger partial charge in [-0.1, -0.05) is 41.9 Å². The highest BCUT2D eigenvalue weighted by molar-refractivity contribution is 7.89. The van der Waals surface area contributed by atoms with Crippen LogP contribution in [0.4, 0.5) is 0 Å².